The molecule has 0 fully saturated rings. The maximum Gasteiger partial charge on any atom is 0.196 e. The molecule has 2 aromatic heterocycles. The average Bonchev–Trinajstić information content (AvgIpc) is 3.24. The van der Waals surface area contributed by atoms with E-state index in [-0.39, 0.29) is 0 Å². The molecule has 0 aliphatic rings. The summed E-state index contributed by atoms with van der Waals surface area (Å²) >= 11 is 13.9. The lowest BCUT2D eigenvalue weighted by molar-refractivity contribution is 0.756. The van der Waals surface area contributed by atoms with Crippen LogP contribution in [0.3, 0.4) is 0 Å². The molecule has 0 aliphatic carbocycles. The lowest BCUT2D eigenvalue weighted by atomic mass is 10.2. The largest absolute Gasteiger partial charge is 0.275 e. The molecule has 4 rings (SSSR count). The van der Waals surface area contributed by atoms with Crippen molar-refractivity contribution in [3.05, 3.63) is 76.0 Å². The van der Waals surface area contributed by atoms with Crippen LogP contribution in [0, 0.1) is 6.92 Å². The van der Waals surface area contributed by atoms with Crippen molar-refractivity contribution >= 4 is 35.0 Å². The van der Waals surface area contributed by atoms with Crippen LogP contribution in [0.4, 0.5) is 0 Å². The Hall–Kier alpha value is -2.28. The van der Waals surface area contributed by atoms with Crippen LogP contribution in [-0.4, -0.2) is 24.5 Å². The second kappa shape index (κ2) is 7.99. The zero-order chi connectivity index (χ0) is 19.7. The van der Waals surface area contributed by atoms with Gasteiger partial charge in [0.15, 0.2) is 11.0 Å². The first kappa shape index (κ1) is 19.1. The molecule has 0 radical (unpaired) electrons. The normalized spacial score (nSPS) is 11.1. The molecule has 0 saturated carbocycles. The van der Waals surface area contributed by atoms with E-state index in [1.165, 1.54) is 0 Å². The molecule has 0 amide bonds. The van der Waals surface area contributed by atoms with Gasteiger partial charge < -0.3 is 0 Å². The smallest absolute Gasteiger partial charge is 0.196 e. The quantitative estimate of drug-likeness (QED) is 0.388. The van der Waals surface area contributed by atoms with Crippen LogP contribution in [0.1, 0.15) is 11.3 Å². The molecule has 0 saturated heterocycles. The van der Waals surface area contributed by atoms with Gasteiger partial charge >= 0.3 is 0 Å². The number of hydrogen-bond acceptors (Lipinski definition) is 4. The van der Waals surface area contributed by atoms with Crippen molar-refractivity contribution in [2.75, 3.05) is 0 Å². The molecule has 5 nitrogen and oxygen atoms in total. The number of para-hydroxylation sites is 1. The van der Waals surface area contributed by atoms with Crippen molar-refractivity contribution in [3.63, 3.8) is 0 Å². The number of hydrogen-bond donors (Lipinski definition) is 0. The van der Waals surface area contributed by atoms with Gasteiger partial charge in [-0.1, -0.05) is 59.2 Å². The molecule has 142 valence electrons. The Morgan fingerprint density at radius 1 is 1.04 bits per heavy atom. The van der Waals surface area contributed by atoms with E-state index in [4.69, 9.17) is 23.2 Å². The van der Waals surface area contributed by atoms with E-state index >= 15 is 0 Å². The molecule has 4 aromatic rings. The predicted octanol–water partition coefficient (Wildman–Crippen LogP) is 5.58. The highest BCUT2D eigenvalue weighted by Gasteiger charge is 2.19. The lowest BCUT2D eigenvalue weighted by Gasteiger charge is -2.10. The van der Waals surface area contributed by atoms with E-state index in [1.807, 2.05) is 62.6 Å². The second-order valence-electron chi connectivity index (χ2n) is 6.30. The zero-order valence-corrected chi connectivity index (χ0v) is 17.6. The first-order valence-electron chi connectivity index (χ1n) is 8.61. The highest BCUT2D eigenvalue weighted by molar-refractivity contribution is 7.98. The fraction of sp³-hybridized carbons (Fsp3) is 0.150. The SMILES string of the molecule is Cc1nn(C)cc1-c1nnc(SCc2ccc(Cl)cc2Cl)n1-c1ccccc1. The van der Waals surface area contributed by atoms with E-state index in [1.54, 1.807) is 22.5 Å². The number of nitrogens with zero attached hydrogens (tertiary/aromatic N) is 5. The van der Waals surface area contributed by atoms with Crippen molar-refractivity contribution in [2.45, 2.75) is 17.8 Å². The molecule has 0 spiro atoms. The van der Waals surface area contributed by atoms with Crippen LogP contribution in [0.2, 0.25) is 10.0 Å². The van der Waals surface area contributed by atoms with Crippen molar-refractivity contribution < 1.29 is 0 Å². The van der Waals surface area contributed by atoms with Gasteiger partial charge in [-0.3, -0.25) is 9.25 Å². The lowest BCUT2D eigenvalue weighted by Crippen LogP contribution is -2.00. The van der Waals surface area contributed by atoms with E-state index < -0.39 is 0 Å². The van der Waals surface area contributed by atoms with Crippen LogP contribution < -0.4 is 0 Å². The van der Waals surface area contributed by atoms with Gasteiger partial charge in [0.25, 0.3) is 0 Å². The fourth-order valence-corrected chi connectivity index (χ4v) is 4.46. The standard InChI is InChI=1S/C20H17Cl2N5S/c1-13-17(11-26(2)25-13)19-23-24-20(27(19)16-6-4-3-5-7-16)28-12-14-8-9-15(21)10-18(14)22/h3-11H,12H2,1-2H3. The predicted molar refractivity (Wildman–Crippen MR) is 114 cm³/mol. The topological polar surface area (TPSA) is 48.5 Å². The van der Waals surface area contributed by atoms with Gasteiger partial charge in [0.1, 0.15) is 0 Å². The summed E-state index contributed by atoms with van der Waals surface area (Å²) in [6, 6.07) is 15.6. The van der Waals surface area contributed by atoms with Crippen LogP contribution >= 0.6 is 35.0 Å². The second-order valence-corrected chi connectivity index (χ2v) is 8.09. The maximum absolute atomic E-state index is 6.33. The van der Waals surface area contributed by atoms with Crippen LogP contribution in [-0.2, 0) is 12.8 Å². The Morgan fingerprint density at radius 3 is 2.50 bits per heavy atom. The molecule has 2 heterocycles. The van der Waals surface area contributed by atoms with E-state index in [0.29, 0.717) is 15.8 Å². The molecule has 0 bridgehead atoms. The van der Waals surface area contributed by atoms with Gasteiger partial charge in [-0.15, -0.1) is 10.2 Å². The third-order valence-corrected chi connectivity index (χ3v) is 5.84. The summed E-state index contributed by atoms with van der Waals surface area (Å²) in [5.41, 5.74) is 3.85. The Balaban J connectivity index is 1.74. The van der Waals surface area contributed by atoms with E-state index in [0.717, 1.165) is 33.5 Å². The average molecular weight is 430 g/mol. The van der Waals surface area contributed by atoms with Crippen LogP contribution in [0.15, 0.2) is 59.9 Å². The van der Waals surface area contributed by atoms with Crippen molar-refractivity contribution in [1.29, 1.82) is 0 Å². The molecule has 0 N–H and O–H groups in total. The molecule has 8 heteroatoms. The number of aryl methyl sites for hydroxylation is 2. The summed E-state index contributed by atoms with van der Waals surface area (Å²) in [7, 11) is 1.90. The third-order valence-electron chi connectivity index (χ3n) is 4.27. The molecule has 28 heavy (non-hydrogen) atoms. The minimum absolute atomic E-state index is 0.626. The number of aromatic nitrogens is 5. The number of thioether (sulfide) groups is 1. The highest BCUT2D eigenvalue weighted by atomic mass is 35.5. The van der Waals surface area contributed by atoms with Crippen molar-refractivity contribution in [2.24, 2.45) is 7.05 Å². The first-order chi connectivity index (χ1) is 13.5. The fourth-order valence-electron chi connectivity index (χ4n) is 2.95. The Labute approximate surface area is 177 Å². The molecule has 2 aromatic carbocycles. The van der Waals surface area contributed by atoms with Gasteiger partial charge in [0.2, 0.25) is 0 Å². The zero-order valence-electron chi connectivity index (χ0n) is 15.3. The summed E-state index contributed by atoms with van der Waals surface area (Å²) in [6.45, 7) is 1.97. The van der Waals surface area contributed by atoms with Gasteiger partial charge in [-0.25, -0.2) is 0 Å². The Bertz CT molecular complexity index is 1120. The summed E-state index contributed by atoms with van der Waals surface area (Å²) in [6.07, 6.45) is 1.96. The number of benzene rings is 2. The van der Waals surface area contributed by atoms with Gasteiger partial charge in [0.05, 0.1) is 11.3 Å². The van der Waals surface area contributed by atoms with Gasteiger partial charge in [-0.05, 0) is 36.8 Å². The van der Waals surface area contributed by atoms with Gasteiger partial charge in [-0.2, -0.15) is 5.10 Å². The molecule has 0 atom stereocenters. The van der Waals surface area contributed by atoms with Gasteiger partial charge in [0, 0.05) is 34.7 Å². The molecule has 0 aliphatic heterocycles. The number of halogens is 2. The van der Waals surface area contributed by atoms with Crippen molar-refractivity contribution in [3.8, 4) is 17.1 Å². The molecule has 0 unspecified atom stereocenters. The third kappa shape index (κ3) is 3.81. The highest BCUT2D eigenvalue weighted by Crippen LogP contribution is 2.32. The molecular formula is C20H17Cl2N5S. The monoisotopic (exact) mass is 429 g/mol. The minimum atomic E-state index is 0.626. The van der Waals surface area contributed by atoms with E-state index in [9.17, 15) is 0 Å². The maximum atomic E-state index is 6.33. The summed E-state index contributed by atoms with van der Waals surface area (Å²) in [5, 5.41) is 15.4. The van der Waals surface area contributed by atoms with Crippen molar-refractivity contribution in [1.82, 2.24) is 24.5 Å². The van der Waals surface area contributed by atoms with Crippen LogP contribution in [0.25, 0.3) is 17.1 Å². The first-order valence-corrected chi connectivity index (χ1v) is 10.4. The Kier molecular flexibility index (Phi) is 5.44. The minimum Gasteiger partial charge on any atom is -0.275 e. The summed E-state index contributed by atoms with van der Waals surface area (Å²) in [4.78, 5) is 0. The summed E-state index contributed by atoms with van der Waals surface area (Å²) < 4.78 is 3.84. The van der Waals surface area contributed by atoms with Crippen LogP contribution in [0.5, 0.6) is 0 Å². The summed E-state index contributed by atoms with van der Waals surface area (Å²) in [5.74, 6) is 1.42. The molecular weight excluding hydrogens is 413 g/mol. The Morgan fingerprint density at radius 2 is 1.82 bits per heavy atom. The van der Waals surface area contributed by atoms with E-state index in [2.05, 4.69) is 19.9 Å². The number of rotatable bonds is 5.